The number of aliphatic hydroxyl groups excluding tert-OH is 1. The molecular weight excluding hydrogens is 448 g/mol. The number of pyridine rings is 1. The Kier molecular flexibility index (Phi) is 10.7. The van der Waals surface area contributed by atoms with E-state index in [0.29, 0.717) is 30.5 Å². The van der Waals surface area contributed by atoms with Crippen molar-refractivity contribution in [2.45, 2.75) is 90.8 Å². The van der Waals surface area contributed by atoms with Crippen molar-refractivity contribution >= 4 is 11.7 Å². The Morgan fingerprint density at radius 3 is 2.72 bits per heavy atom. The third-order valence-corrected chi connectivity index (χ3v) is 7.27. The summed E-state index contributed by atoms with van der Waals surface area (Å²) in [4.78, 5) is 20.1. The van der Waals surface area contributed by atoms with Crippen LogP contribution >= 0.6 is 0 Å². The smallest absolute Gasteiger partial charge is 0.251 e. The fourth-order valence-electron chi connectivity index (χ4n) is 4.97. The Bertz CT molecular complexity index is 977. The molecule has 1 aromatic carbocycles. The molecule has 0 aliphatic carbocycles. The molecule has 2 bridgehead atoms. The molecule has 1 aliphatic heterocycles. The van der Waals surface area contributed by atoms with Crippen LogP contribution in [0.5, 0.6) is 0 Å². The van der Waals surface area contributed by atoms with Gasteiger partial charge in [0.05, 0.1) is 12.1 Å². The molecule has 198 valence electrons. The van der Waals surface area contributed by atoms with E-state index in [2.05, 4.69) is 65.6 Å². The van der Waals surface area contributed by atoms with Crippen LogP contribution in [0.1, 0.15) is 92.4 Å². The number of aryl methyl sites for hydroxylation is 1. The number of carbonyl (C=O) groups is 1. The Morgan fingerprint density at radius 1 is 1.17 bits per heavy atom. The normalized spacial score (nSPS) is 21.0. The van der Waals surface area contributed by atoms with E-state index >= 15 is 0 Å². The number of carbonyl (C=O) groups excluding carboxylic acids is 1. The fourth-order valence-corrected chi connectivity index (χ4v) is 4.97. The van der Waals surface area contributed by atoms with Crippen LogP contribution in [-0.4, -0.2) is 48.3 Å². The number of aromatic nitrogens is 1. The lowest BCUT2D eigenvalue weighted by atomic mass is 9.92. The van der Waals surface area contributed by atoms with Crippen molar-refractivity contribution in [3.8, 4) is 0 Å². The van der Waals surface area contributed by atoms with Gasteiger partial charge in [-0.25, -0.2) is 4.98 Å². The average Bonchev–Trinajstić information content (AvgIpc) is 2.84. The lowest BCUT2D eigenvalue weighted by Crippen LogP contribution is -2.48. The van der Waals surface area contributed by atoms with Crippen LogP contribution < -0.4 is 15.5 Å². The summed E-state index contributed by atoms with van der Waals surface area (Å²) in [6.07, 6.45) is 5.90. The summed E-state index contributed by atoms with van der Waals surface area (Å²) in [5, 5.41) is 17.7. The molecule has 0 spiro atoms. The minimum Gasteiger partial charge on any atom is -0.390 e. The molecule has 0 saturated carbocycles. The highest BCUT2D eigenvalue weighted by Crippen LogP contribution is 2.21. The highest BCUT2D eigenvalue weighted by atomic mass is 16.3. The van der Waals surface area contributed by atoms with E-state index in [1.165, 1.54) is 30.4 Å². The van der Waals surface area contributed by atoms with Gasteiger partial charge >= 0.3 is 0 Å². The van der Waals surface area contributed by atoms with E-state index in [1.807, 2.05) is 26.1 Å². The fraction of sp³-hybridized carbons (Fsp3) is 0.600. The number of amides is 1. The molecule has 3 atom stereocenters. The Labute approximate surface area is 217 Å². The van der Waals surface area contributed by atoms with Crippen molar-refractivity contribution in [2.75, 3.05) is 25.0 Å². The Balaban J connectivity index is 1.71. The van der Waals surface area contributed by atoms with E-state index < -0.39 is 6.10 Å². The Morgan fingerprint density at radius 2 is 1.94 bits per heavy atom. The van der Waals surface area contributed by atoms with Crippen molar-refractivity contribution in [1.29, 1.82) is 0 Å². The quantitative estimate of drug-likeness (QED) is 0.515. The van der Waals surface area contributed by atoms with Gasteiger partial charge in [-0.15, -0.1) is 0 Å². The summed E-state index contributed by atoms with van der Waals surface area (Å²) in [6, 6.07) is 12.0. The first-order valence-electron chi connectivity index (χ1n) is 13.7. The molecule has 0 saturated heterocycles. The highest BCUT2D eigenvalue weighted by molar-refractivity contribution is 5.95. The highest BCUT2D eigenvalue weighted by Gasteiger charge is 2.25. The van der Waals surface area contributed by atoms with Gasteiger partial charge in [-0.05, 0) is 54.9 Å². The molecule has 36 heavy (non-hydrogen) atoms. The topological polar surface area (TPSA) is 77.5 Å². The van der Waals surface area contributed by atoms with Crippen LogP contribution in [-0.2, 0) is 6.54 Å². The summed E-state index contributed by atoms with van der Waals surface area (Å²) in [7, 11) is 2.04. The number of fused-ring (bicyclic) bond motifs is 2. The van der Waals surface area contributed by atoms with Crippen molar-refractivity contribution in [3.05, 3.63) is 58.8 Å². The third-order valence-electron chi connectivity index (χ3n) is 7.27. The number of hydrogen-bond acceptors (Lipinski definition) is 5. The summed E-state index contributed by atoms with van der Waals surface area (Å²) in [5.74, 6) is 1.59. The molecule has 0 unspecified atom stereocenters. The van der Waals surface area contributed by atoms with Gasteiger partial charge in [0.25, 0.3) is 5.91 Å². The molecule has 2 heterocycles. The predicted octanol–water partition coefficient (Wildman–Crippen LogP) is 5.19. The second-order valence-corrected chi connectivity index (χ2v) is 11.0. The van der Waals surface area contributed by atoms with Crippen molar-refractivity contribution in [1.82, 2.24) is 15.6 Å². The van der Waals surface area contributed by atoms with Crippen LogP contribution in [0.3, 0.4) is 0 Å². The molecule has 2 aromatic rings. The SMILES string of the molecule is Cc1cc2cc(n1)N(C)CCCCCC[C@@H](C)C[C@@H]([C@H](O)CNCc1cccc(C(C)C)c1)NC2=O. The number of hydrogen-bond donors (Lipinski definition) is 3. The number of benzene rings is 1. The summed E-state index contributed by atoms with van der Waals surface area (Å²) in [6.45, 7) is 10.6. The number of nitrogens with one attached hydrogen (secondary N) is 2. The van der Waals surface area contributed by atoms with Crippen LogP contribution in [0, 0.1) is 12.8 Å². The van der Waals surface area contributed by atoms with Crippen molar-refractivity contribution < 1.29 is 9.90 Å². The molecule has 3 N–H and O–H groups in total. The van der Waals surface area contributed by atoms with E-state index in [-0.39, 0.29) is 11.9 Å². The Hall–Kier alpha value is -2.44. The van der Waals surface area contributed by atoms with E-state index in [4.69, 9.17) is 0 Å². The summed E-state index contributed by atoms with van der Waals surface area (Å²) < 4.78 is 0. The monoisotopic (exact) mass is 494 g/mol. The van der Waals surface area contributed by atoms with Gasteiger partial charge in [0.15, 0.2) is 0 Å². The zero-order valence-corrected chi connectivity index (χ0v) is 22.9. The first-order valence-corrected chi connectivity index (χ1v) is 13.7. The maximum atomic E-state index is 13.3. The molecule has 6 nitrogen and oxygen atoms in total. The summed E-state index contributed by atoms with van der Waals surface area (Å²) in [5.41, 5.74) is 3.94. The van der Waals surface area contributed by atoms with Gasteiger partial charge in [0.2, 0.25) is 0 Å². The molecule has 0 radical (unpaired) electrons. The average molecular weight is 495 g/mol. The lowest BCUT2D eigenvalue weighted by Gasteiger charge is -2.27. The predicted molar refractivity (Wildman–Crippen MR) is 149 cm³/mol. The maximum Gasteiger partial charge on any atom is 0.251 e. The van der Waals surface area contributed by atoms with Gasteiger partial charge in [-0.2, -0.15) is 0 Å². The van der Waals surface area contributed by atoms with Crippen LogP contribution in [0.2, 0.25) is 0 Å². The van der Waals surface area contributed by atoms with Gasteiger partial charge in [0, 0.05) is 37.9 Å². The third kappa shape index (κ3) is 8.59. The minimum absolute atomic E-state index is 0.147. The van der Waals surface area contributed by atoms with E-state index in [0.717, 1.165) is 37.3 Å². The first-order chi connectivity index (χ1) is 17.2. The van der Waals surface area contributed by atoms with Gasteiger partial charge < -0.3 is 20.6 Å². The maximum absolute atomic E-state index is 13.3. The van der Waals surface area contributed by atoms with Crippen LogP contribution in [0.4, 0.5) is 5.82 Å². The first kappa shape index (κ1) is 28.1. The molecule has 1 aromatic heterocycles. The van der Waals surface area contributed by atoms with Crippen LogP contribution in [0.25, 0.3) is 0 Å². The number of rotatable bonds is 6. The van der Waals surface area contributed by atoms with E-state index in [9.17, 15) is 9.90 Å². The zero-order chi connectivity index (χ0) is 26.1. The molecule has 3 rings (SSSR count). The second kappa shape index (κ2) is 13.8. The standard InChI is InChI=1S/C30H46N4O2/c1-21(2)25-13-10-12-24(17-25)19-31-20-28(35)27-15-22(3)11-8-6-7-9-14-34(5)29-18-26(30(36)33-27)16-23(4)32-29/h10,12-13,16-18,21-22,27-28,31,35H,6-9,11,14-15,19-20H2,1-5H3,(H,33,36)/t22-,27+,28-/m1/s1. The molecule has 0 fully saturated rings. The molecule has 1 aliphatic rings. The van der Waals surface area contributed by atoms with Crippen molar-refractivity contribution in [2.24, 2.45) is 5.92 Å². The second-order valence-electron chi connectivity index (χ2n) is 11.0. The summed E-state index contributed by atoms with van der Waals surface area (Å²) >= 11 is 0. The van der Waals surface area contributed by atoms with Gasteiger partial charge in [-0.3, -0.25) is 4.79 Å². The number of nitrogens with zero attached hydrogens (tertiary/aromatic N) is 2. The molecule has 1 amide bonds. The van der Waals surface area contributed by atoms with E-state index in [1.54, 1.807) is 0 Å². The molecule has 6 heteroatoms. The van der Waals surface area contributed by atoms with Gasteiger partial charge in [0.1, 0.15) is 5.82 Å². The number of anilines is 1. The van der Waals surface area contributed by atoms with Gasteiger partial charge in [-0.1, -0.05) is 70.7 Å². The zero-order valence-electron chi connectivity index (χ0n) is 22.9. The molecular formula is C30H46N4O2. The van der Waals surface area contributed by atoms with Crippen molar-refractivity contribution in [3.63, 3.8) is 0 Å². The lowest BCUT2D eigenvalue weighted by molar-refractivity contribution is 0.0792. The minimum atomic E-state index is -0.676. The van der Waals surface area contributed by atoms with Crippen LogP contribution in [0.15, 0.2) is 36.4 Å². The number of aliphatic hydroxyl groups is 1. The largest absolute Gasteiger partial charge is 0.390 e.